The molecule has 3 rings (SSSR count). The number of aromatic nitrogens is 4. The summed E-state index contributed by atoms with van der Waals surface area (Å²) in [5, 5.41) is 0. The van der Waals surface area contributed by atoms with E-state index in [1.54, 1.807) is 48.9 Å². The highest BCUT2D eigenvalue weighted by atomic mass is 16.5. The molecule has 0 aliphatic rings. The minimum atomic E-state index is -0.388. The van der Waals surface area contributed by atoms with E-state index >= 15 is 0 Å². The fourth-order valence-electron chi connectivity index (χ4n) is 3.11. The monoisotopic (exact) mass is 382 g/mol. The molecule has 0 saturated carbocycles. The Balaban J connectivity index is 2.10. The topological polar surface area (TPSA) is 88.1 Å². The first kappa shape index (κ1) is 19.3. The minimum Gasteiger partial charge on any atom is -0.427 e. The van der Waals surface area contributed by atoms with Crippen LogP contribution in [0.25, 0.3) is 23.3 Å². The average molecular weight is 382 g/mol. The van der Waals surface area contributed by atoms with Gasteiger partial charge in [-0.05, 0) is 37.6 Å². The molecule has 3 aromatic rings. The Morgan fingerprint density at radius 1 is 1.14 bits per heavy atom. The molecule has 8 nitrogen and oxygen atoms in total. The highest BCUT2D eigenvalue weighted by molar-refractivity contribution is 5.77. The lowest BCUT2D eigenvalue weighted by Crippen LogP contribution is -2.39. The van der Waals surface area contributed by atoms with Gasteiger partial charge in [0.2, 0.25) is 0 Å². The lowest BCUT2D eigenvalue weighted by atomic mass is 10.2. The van der Waals surface area contributed by atoms with Crippen LogP contribution in [0.5, 0.6) is 5.75 Å². The number of aryl methyl sites for hydroxylation is 2. The predicted molar refractivity (Wildman–Crippen MR) is 107 cm³/mol. The first-order chi connectivity index (χ1) is 13.4. The van der Waals surface area contributed by atoms with Gasteiger partial charge in [-0.3, -0.25) is 18.7 Å². The molecule has 0 radical (unpaired) electrons. The molecule has 28 heavy (non-hydrogen) atoms. The zero-order valence-electron chi connectivity index (χ0n) is 16.3. The van der Waals surface area contributed by atoms with Crippen molar-refractivity contribution in [3.05, 3.63) is 56.5 Å². The van der Waals surface area contributed by atoms with E-state index in [-0.39, 0.29) is 17.2 Å². The van der Waals surface area contributed by atoms with Crippen LogP contribution in [0.1, 0.15) is 32.2 Å². The molecule has 2 heterocycles. The number of esters is 1. The Labute approximate surface area is 161 Å². The highest BCUT2D eigenvalue weighted by Gasteiger charge is 2.17. The zero-order valence-corrected chi connectivity index (χ0v) is 16.3. The van der Waals surface area contributed by atoms with Crippen molar-refractivity contribution in [3.63, 3.8) is 0 Å². The number of imidazole rings is 1. The molecule has 0 amide bonds. The molecule has 0 fully saturated rings. The van der Waals surface area contributed by atoms with Crippen molar-refractivity contribution in [1.82, 2.24) is 18.7 Å². The Hall–Kier alpha value is -3.42. The zero-order chi connectivity index (χ0) is 20.4. The summed E-state index contributed by atoms with van der Waals surface area (Å²) in [5.74, 6) is 0.604. The maximum atomic E-state index is 12.7. The normalized spacial score (nSPS) is 11.4. The van der Waals surface area contributed by atoms with Gasteiger partial charge in [-0.25, -0.2) is 9.78 Å². The number of carbonyl (C=O) groups excluding carboxylic acids is 1. The number of nitrogens with zero attached hydrogens (tertiary/aromatic N) is 4. The molecular weight excluding hydrogens is 360 g/mol. The van der Waals surface area contributed by atoms with Gasteiger partial charge in [-0.1, -0.05) is 18.2 Å². The van der Waals surface area contributed by atoms with Crippen LogP contribution >= 0.6 is 0 Å². The number of benzene rings is 1. The SMILES string of the molecule is CCn1c(=O)c2c(nc(C=Cc3cccc(OC(C)=O)c3)n2C)n(CC)c1=O. The van der Waals surface area contributed by atoms with Crippen LogP contribution < -0.4 is 16.0 Å². The van der Waals surface area contributed by atoms with E-state index in [9.17, 15) is 14.4 Å². The fourth-order valence-corrected chi connectivity index (χ4v) is 3.11. The van der Waals surface area contributed by atoms with E-state index in [1.807, 2.05) is 13.0 Å². The molecule has 0 unspecified atom stereocenters. The van der Waals surface area contributed by atoms with Crippen molar-refractivity contribution in [3.8, 4) is 5.75 Å². The highest BCUT2D eigenvalue weighted by Crippen LogP contribution is 2.17. The van der Waals surface area contributed by atoms with Gasteiger partial charge in [0.15, 0.2) is 11.2 Å². The third kappa shape index (κ3) is 3.40. The van der Waals surface area contributed by atoms with Crippen LogP contribution in [-0.4, -0.2) is 24.7 Å². The Morgan fingerprint density at radius 3 is 2.50 bits per heavy atom. The van der Waals surface area contributed by atoms with Crippen LogP contribution in [0.15, 0.2) is 33.9 Å². The third-order valence-electron chi connectivity index (χ3n) is 4.45. The largest absolute Gasteiger partial charge is 0.427 e. The smallest absolute Gasteiger partial charge is 0.332 e. The molecule has 0 aliphatic heterocycles. The third-order valence-corrected chi connectivity index (χ3v) is 4.45. The number of ether oxygens (including phenoxy) is 1. The molecule has 2 aromatic heterocycles. The molecule has 0 N–H and O–H groups in total. The van der Waals surface area contributed by atoms with Gasteiger partial charge in [0, 0.05) is 27.1 Å². The van der Waals surface area contributed by atoms with E-state index in [2.05, 4.69) is 4.98 Å². The summed E-state index contributed by atoms with van der Waals surface area (Å²) in [7, 11) is 1.75. The lowest BCUT2D eigenvalue weighted by Gasteiger charge is -2.08. The second-order valence-electron chi connectivity index (χ2n) is 6.28. The Kier molecular flexibility index (Phi) is 5.30. The maximum absolute atomic E-state index is 12.7. The molecule has 0 spiro atoms. The first-order valence-corrected chi connectivity index (χ1v) is 9.04. The average Bonchev–Trinajstić information content (AvgIpc) is 2.97. The van der Waals surface area contributed by atoms with E-state index in [1.165, 1.54) is 16.1 Å². The quantitative estimate of drug-likeness (QED) is 0.498. The van der Waals surface area contributed by atoms with Gasteiger partial charge in [0.1, 0.15) is 11.6 Å². The van der Waals surface area contributed by atoms with Crippen LogP contribution in [0.2, 0.25) is 0 Å². The number of hydrogen-bond donors (Lipinski definition) is 0. The maximum Gasteiger partial charge on any atom is 0.332 e. The molecule has 0 bridgehead atoms. The van der Waals surface area contributed by atoms with Crippen molar-refractivity contribution in [2.45, 2.75) is 33.9 Å². The number of carbonyl (C=O) groups is 1. The van der Waals surface area contributed by atoms with Crippen molar-refractivity contribution in [1.29, 1.82) is 0 Å². The van der Waals surface area contributed by atoms with E-state index in [0.717, 1.165) is 5.56 Å². The number of hydrogen-bond acceptors (Lipinski definition) is 5. The standard InChI is InChI=1S/C20H22N4O4/c1-5-23-18-17(19(26)24(6-2)20(23)27)22(4)16(21-18)11-10-14-8-7-9-15(12-14)28-13(3)25/h7-12H,5-6H2,1-4H3. The van der Waals surface area contributed by atoms with Gasteiger partial charge in [-0.15, -0.1) is 0 Å². The van der Waals surface area contributed by atoms with Gasteiger partial charge in [-0.2, -0.15) is 0 Å². The number of fused-ring (bicyclic) bond motifs is 1. The van der Waals surface area contributed by atoms with Crippen LogP contribution in [0.3, 0.4) is 0 Å². The summed E-state index contributed by atoms with van der Waals surface area (Å²) in [6.45, 7) is 5.67. The summed E-state index contributed by atoms with van der Waals surface area (Å²) in [6.07, 6.45) is 3.56. The van der Waals surface area contributed by atoms with E-state index < -0.39 is 0 Å². The minimum absolute atomic E-state index is 0.299. The molecule has 146 valence electrons. The van der Waals surface area contributed by atoms with Gasteiger partial charge in [0.05, 0.1) is 0 Å². The van der Waals surface area contributed by atoms with E-state index in [0.29, 0.717) is 35.8 Å². The summed E-state index contributed by atoms with van der Waals surface area (Å²) in [4.78, 5) is 40.8. The summed E-state index contributed by atoms with van der Waals surface area (Å²) < 4.78 is 9.48. The molecular formula is C20H22N4O4. The summed E-state index contributed by atoms with van der Waals surface area (Å²) in [6, 6.07) is 7.06. The second-order valence-corrected chi connectivity index (χ2v) is 6.28. The molecule has 0 aliphatic carbocycles. The first-order valence-electron chi connectivity index (χ1n) is 9.04. The molecule has 1 aromatic carbocycles. The predicted octanol–water partition coefficient (Wildman–Crippen LogP) is 2.03. The second kappa shape index (κ2) is 7.67. The van der Waals surface area contributed by atoms with Crippen molar-refractivity contribution >= 4 is 29.3 Å². The van der Waals surface area contributed by atoms with Crippen LogP contribution in [-0.2, 0) is 24.9 Å². The Morgan fingerprint density at radius 2 is 1.86 bits per heavy atom. The fraction of sp³-hybridized carbons (Fsp3) is 0.300. The number of rotatable bonds is 5. The van der Waals surface area contributed by atoms with Crippen LogP contribution in [0.4, 0.5) is 0 Å². The lowest BCUT2D eigenvalue weighted by molar-refractivity contribution is -0.131. The molecule has 8 heteroatoms. The van der Waals surface area contributed by atoms with Crippen molar-refractivity contribution < 1.29 is 9.53 Å². The van der Waals surface area contributed by atoms with Gasteiger partial charge < -0.3 is 9.30 Å². The summed E-state index contributed by atoms with van der Waals surface area (Å²) >= 11 is 0. The molecule has 0 saturated heterocycles. The summed E-state index contributed by atoms with van der Waals surface area (Å²) in [5.41, 5.74) is 0.864. The molecule has 0 atom stereocenters. The van der Waals surface area contributed by atoms with Gasteiger partial charge >= 0.3 is 11.7 Å². The van der Waals surface area contributed by atoms with Crippen molar-refractivity contribution in [2.24, 2.45) is 7.05 Å². The van der Waals surface area contributed by atoms with E-state index in [4.69, 9.17) is 4.74 Å². The van der Waals surface area contributed by atoms with Crippen LogP contribution in [0, 0.1) is 0 Å². The van der Waals surface area contributed by atoms with Crippen molar-refractivity contribution in [2.75, 3.05) is 0 Å². The van der Waals surface area contributed by atoms with Gasteiger partial charge in [0.25, 0.3) is 5.56 Å². The Bertz CT molecular complexity index is 1200.